The Labute approximate surface area is 102 Å². The zero-order valence-electron chi connectivity index (χ0n) is 10.0. The number of hydrogen-bond acceptors (Lipinski definition) is 2. The molecule has 0 N–H and O–H groups in total. The molecule has 90 valence electrons. The number of carbonyl (C=O) groups excluding carboxylic acids is 2. The molecule has 2 nitrogen and oxygen atoms in total. The lowest BCUT2D eigenvalue weighted by Gasteiger charge is -2.17. The normalized spacial score (nSPS) is 21.6. The highest BCUT2D eigenvalue weighted by Crippen LogP contribution is 2.24. The van der Waals surface area contributed by atoms with Gasteiger partial charge in [0.25, 0.3) is 0 Å². The van der Waals surface area contributed by atoms with Crippen LogP contribution < -0.4 is 0 Å². The van der Waals surface area contributed by atoms with Gasteiger partial charge in [0.05, 0.1) is 0 Å². The molecule has 0 amide bonds. The van der Waals surface area contributed by atoms with Gasteiger partial charge in [-0.25, -0.2) is 0 Å². The van der Waals surface area contributed by atoms with Crippen LogP contribution in [0.4, 0.5) is 0 Å². The molecule has 1 aliphatic carbocycles. The largest absolute Gasteiger partial charge is 0.300 e. The maximum Gasteiger partial charge on any atom is 0.165 e. The van der Waals surface area contributed by atoms with Crippen molar-refractivity contribution >= 4 is 11.6 Å². The van der Waals surface area contributed by atoms with E-state index < -0.39 is 0 Å². The molecular formula is C15H18O2. The topological polar surface area (TPSA) is 34.1 Å². The molecule has 1 saturated carbocycles. The van der Waals surface area contributed by atoms with Gasteiger partial charge in [0.1, 0.15) is 5.78 Å². The van der Waals surface area contributed by atoms with Crippen molar-refractivity contribution in [3.05, 3.63) is 35.9 Å². The standard InChI is InChI=1S/C15H18O2/c16-14-9-5-4-8-13(10-11-14)15(17)12-6-2-1-3-7-12/h1-3,6-7,13H,4-5,8-11H2. The third kappa shape index (κ3) is 3.26. The zero-order valence-corrected chi connectivity index (χ0v) is 10.0. The molecule has 1 aliphatic rings. The third-order valence-electron chi connectivity index (χ3n) is 3.46. The molecule has 2 heteroatoms. The molecule has 2 rings (SSSR count). The molecule has 1 aromatic carbocycles. The first-order chi connectivity index (χ1) is 8.27. The number of rotatable bonds is 2. The molecule has 0 spiro atoms. The summed E-state index contributed by atoms with van der Waals surface area (Å²) in [5.41, 5.74) is 0.783. The number of ketones is 2. The van der Waals surface area contributed by atoms with E-state index in [9.17, 15) is 9.59 Å². The molecule has 0 radical (unpaired) electrons. The fourth-order valence-electron chi connectivity index (χ4n) is 2.42. The van der Waals surface area contributed by atoms with Gasteiger partial charge in [-0.1, -0.05) is 36.8 Å². The average molecular weight is 230 g/mol. The molecule has 1 aromatic rings. The number of carbonyl (C=O) groups is 2. The quantitative estimate of drug-likeness (QED) is 0.730. The summed E-state index contributed by atoms with van der Waals surface area (Å²) in [5.74, 6) is 0.567. The van der Waals surface area contributed by atoms with E-state index in [1.165, 1.54) is 0 Å². The second-order valence-electron chi connectivity index (χ2n) is 4.75. The van der Waals surface area contributed by atoms with Crippen molar-refractivity contribution in [2.75, 3.05) is 0 Å². The smallest absolute Gasteiger partial charge is 0.165 e. The minimum atomic E-state index is 0.0432. The van der Waals surface area contributed by atoms with Crippen molar-refractivity contribution in [1.29, 1.82) is 0 Å². The van der Waals surface area contributed by atoms with E-state index in [0.29, 0.717) is 18.6 Å². The molecule has 0 aliphatic heterocycles. The van der Waals surface area contributed by atoms with Crippen molar-refractivity contribution in [1.82, 2.24) is 0 Å². The summed E-state index contributed by atoms with van der Waals surface area (Å²) in [6.45, 7) is 0. The Morgan fingerprint density at radius 1 is 1.00 bits per heavy atom. The summed E-state index contributed by atoms with van der Waals surface area (Å²) in [6.07, 6.45) is 4.87. The van der Waals surface area contributed by atoms with Crippen LogP contribution in [0.2, 0.25) is 0 Å². The second kappa shape index (κ2) is 5.76. The summed E-state index contributed by atoms with van der Waals surface area (Å²) in [7, 11) is 0. The van der Waals surface area contributed by atoms with Crippen molar-refractivity contribution in [3.8, 4) is 0 Å². The highest BCUT2D eigenvalue weighted by molar-refractivity contribution is 5.98. The SMILES string of the molecule is O=C1CCCCC(C(=O)c2ccccc2)CC1. The fraction of sp³-hybridized carbons (Fsp3) is 0.467. The summed E-state index contributed by atoms with van der Waals surface area (Å²) < 4.78 is 0. The van der Waals surface area contributed by atoms with Gasteiger partial charge in [-0.15, -0.1) is 0 Å². The number of hydrogen-bond donors (Lipinski definition) is 0. The molecule has 1 atom stereocenters. The Hall–Kier alpha value is -1.44. The van der Waals surface area contributed by atoms with E-state index >= 15 is 0 Å². The minimum Gasteiger partial charge on any atom is -0.300 e. The Morgan fingerprint density at radius 3 is 2.53 bits per heavy atom. The predicted octanol–water partition coefficient (Wildman–Crippen LogP) is 3.41. The lowest BCUT2D eigenvalue weighted by Crippen LogP contribution is -2.18. The second-order valence-corrected chi connectivity index (χ2v) is 4.75. The van der Waals surface area contributed by atoms with Crippen LogP contribution in [0.1, 0.15) is 48.9 Å². The van der Waals surface area contributed by atoms with Gasteiger partial charge >= 0.3 is 0 Å². The van der Waals surface area contributed by atoms with Crippen LogP contribution >= 0.6 is 0 Å². The van der Waals surface area contributed by atoms with E-state index in [1.54, 1.807) is 0 Å². The van der Waals surface area contributed by atoms with Crippen molar-refractivity contribution in [2.24, 2.45) is 5.92 Å². The first kappa shape index (κ1) is 12.0. The first-order valence-corrected chi connectivity index (χ1v) is 6.38. The van der Waals surface area contributed by atoms with Crippen LogP contribution in [-0.2, 0) is 4.79 Å². The van der Waals surface area contributed by atoms with E-state index in [2.05, 4.69) is 0 Å². The van der Waals surface area contributed by atoms with Crippen LogP contribution in [0.3, 0.4) is 0 Å². The average Bonchev–Trinajstić information content (AvgIpc) is 2.35. The predicted molar refractivity (Wildman–Crippen MR) is 67.0 cm³/mol. The molecule has 0 saturated heterocycles. The highest BCUT2D eigenvalue weighted by Gasteiger charge is 2.22. The van der Waals surface area contributed by atoms with Crippen LogP contribution in [-0.4, -0.2) is 11.6 Å². The molecular weight excluding hydrogens is 212 g/mol. The van der Waals surface area contributed by atoms with E-state index in [4.69, 9.17) is 0 Å². The Bertz CT molecular complexity index is 395. The maximum absolute atomic E-state index is 12.3. The van der Waals surface area contributed by atoms with Gasteiger partial charge < -0.3 is 0 Å². The van der Waals surface area contributed by atoms with Crippen LogP contribution in [0.5, 0.6) is 0 Å². The molecule has 1 fully saturated rings. The Kier molecular flexibility index (Phi) is 4.08. The minimum absolute atomic E-state index is 0.0432. The number of benzene rings is 1. The number of Topliss-reactive ketones (excluding diaryl/α,β-unsaturated/α-hetero) is 2. The van der Waals surface area contributed by atoms with E-state index in [0.717, 1.165) is 31.2 Å². The Morgan fingerprint density at radius 2 is 1.76 bits per heavy atom. The zero-order chi connectivity index (χ0) is 12.1. The van der Waals surface area contributed by atoms with E-state index in [1.807, 2.05) is 30.3 Å². The van der Waals surface area contributed by atoms with Crippen LogP contribution in [0.25, 0.3) is 0 Å². The van der Waals surface area contributed by atoms with Gasteiger partial charge in [0.15, 0.2) is 5.78 Å². The van der Waals surface area contributed by atoms with Crippen LogP contribution in [0, 0.1) is 5.92 Å². The maximum atomic E-state index is 12.3. The first-order valence-electron chi connectivity index (χ1n) is 6.38. The lowest BCUT2D eigenvalue weighted by molar-refractivity contribution is -0.119. The molecule has 0 heterocycles. The van der Waals surface area contributed by atoms with Crippen molar-refractivity contribution < 1.29 is 9.59 Å². The summed E-state index contributed by atoms with van der Waals surface area (Å²) in [5, 5.41) is 0. The lowest BCUT2D eigenvalue weighted by atomic mass is 9.85. The van der Waals surface area contributed by atoms with Gasteiger partial charge in [-0.2, -0.15) is 0 Å². The fourth-order valence-corrected chi connectivity index (χ4v) is 2.42. The summed E-state index contributed by atoms with van der Waals surface area (Å²) in [4.78, 5) is 23.7. The molecule has 1 unspecified atom stereocenters. The van der Waals surface area contributed by atoms with Gasteiger partial charge in [0.2, 0.25) is 0 Å². The van der Waals surface area contributed by atoms with E-state index in [-0.39, 0.29) is 11.7 Å². The third-order valence-corrected chi connectivity index (χ3v) is 3.46. The van der Waals surface area contributed by atoms with Crippen molar-refractivity contribution in [2.45, 2.75) is 38.5 Å². The van der Waals surface area contributed by atoms with Gasteiger partial charge in [-0.3, -0.25) is 9.59 Å². The molecule has 0 bridgehead atoms. The van der Waals surface area contributed by atoms with Crippen molar-refractivity contribution in [3.63, 3.8) is 0 Å². The highest BCUT2D eigenvalue weighted by atomic mass is 16.1. The monoisotopic (exact) mass is 230 g/mol. The summed E-state index contributed by atoms with van der Waals surface area (Å²) in [6, 6.07) is 9.42. The Balaban J connectivity index is 2.05. The van der Waals surface area contributed by atoms with Gasteiger partial charge in [-0.05, 0) is 19.3 Å². The summed E-state index contributed by atoms with van der Waals surface area (Å²) >= 11 is 0. The van der Waals surface area contributed by atoms with Gasteiger partial charge in [0, 0.05) is 24.3 Å². The molecule has 0 aromatic heterocycles. The molecule has 17 heavy (non-hydrogen) atoms. The van der Waals surface area contributed by atoms with Crippen LogP contribution in [0.15, 0.2) is 30.3 Å².